The lowest BCUT2D eigenvalue weighted by molar-refractivity contribution is -0.126. The van der Waals surface area contributed by atoms with Crippen LogP contribution in [-0.2, 0) is 9.59 Å². The van der Waals surface area contributed by atoms with E-state index in [1.54, 1.807) is 13.8 Å². The lowest BCUT2D eigenvalue weighted by Gasteiger charge is -2.56. The topological polar surface area (TPSA) is 34.1 Å². The molecule has 0 aromatic heterocycles. The van der Waals surface area contributed by atoms with Gasteiger partial charge in [-0.15, -0.1) is 0 Å². The Morgan fingerprint density at radius 2 is 0.750 bits per heavy atom. The Labute approximate surface area is 171 Å². The van der Waals surface area contributed by atoms with Crippen molar-refractivity contribution in [1.29, 1.82) is 0 Å². The summed E-state index contributed by atoms with van der Waals surface area (Å²) in [5.74, 6) is 6.77. The molecule has 8 saturated carbocycles. The Morgan fingerprint density at radius 3 is 0.929 bits per heavy atom. The van der Waals surface area contributed by atoms with Gasteiger partial charge in [0.1, 0.15) is 11.6 Å². The predicted octanol–water partition coefficient (Wildman–Crippen LogP) is 6.36. The van der Waals surface area contributed by atoms with Crippen molar-refractivity contribution >= 4 is 11.6 Å². The number of hydrogen-bond acceptors (Lipinski definition) is 2. The Hall–Kier alpha value is -0.660. The quantitative estimate of drug-likeness (QED) is 0.565. The second-order valence-electron chi connectivity index (χ2n) is 12.6. The fourth-order valence-corrected chi connectivity index (χ4v) is 10.1. The summed E-state index contributed by atoms with van der Waals surface area (Å²) in [4.78, 5) is 22.7. The van der Waals surface area contributed by atoms with Crippen molar-refractivity contribution < 1.29 is 9.59 Å². The van der Waals surface area contributed by atoms with Crippen LogP contribution in [0.15, 0.2) is 0 Å². The van der Waals surface area contributed by atoms with Crippen molar-refractivity contribution in [1.82, 2.24) is 0 Å². The minimum absolute atomic E-state index is 0.423. The Kier molecular flexibility index (Phi) is 4.79. The summed E-state index contributed by atoms with van der Waals surface area (Å²) in [5, 5.41) is 0. The number of Topliss-reactive ketones (excluding diaryl/α,β-unsaturated/α-hetero) is 2. The van der Waals surface area contributed by atoms with E-state index < -0.39 is 0 Å². The molecule has 156 valence electrons. The van der Waals surface area contributed by atoms with E-state index >= 15 is 0 Å². The molecular formula is C26H40O2. The van der Waals surface area contributed by atoms with Gasteiger partial charge in [0.2, 0.25) is 0 Å². The molecule has 0 N–H and O–H groups in total. The van der Waals surface area contributed by atoms with Crippen LogP contribution < -0.4 is 0 Å². The Morgan fingerprint density at radius 1 is 0.536 bits per heavy atom. The highest BCUT2D eigenvalue weighted by Gasteiger charge is 2.52. The molecule has 0 unspecified atom stereocenters. The van der Waals surface area contributed by atoms with Gasteiger partial charge in [-0.2, -0.15) is 0 Å². The molecule has 2 heteroatoms. The molecule has 0 aromatic rings. The third-order valence-corrected chi connectivity index (χ3v) is 9.58. The van der Waals surface area contributed by atoms with Crippen molar-refractivity contribution in [3.8, 4) is 0 Å². The van der Waals surface area contributed by atoms with Crippen molar-refractivity contribution in [3.63, 3.8) is 0 Å². The average molecular weight is 385 g/mol. The smallest absolute Gasteiger partial charge is 0.130 e. The SMILES string of the molecule is CC(=O)CC12CC3CC(CC(C3)C1)C2.CC(=O)CC12CC3CC(CC(C3)C1)C2. The van der Waals surface area contributed by atoms with E-state index in [4.69, 9.17) is 0 Å². The molecule has 8 rings (SSSR count). The second kappa shape index (κ2) is 6.95. The highest BCUT2D eigenvalue weighted by molar-refractivity contribution is 5.76. The summed E-state index contributed by atoms with van der Waals surface area (Å²) in [6.45, 7) is 3.55. The summed E-state index contributed by atoms with van der Waals surface area (Å²) in [6, 6.07) is 0. The molecule has 8 aliphatic rings. The first-order valence-electron chi connectivity index (χ1n) is 12.3. The van der Waals surface area contributed by atoms with Gasteiger partial charge < -0.3 is 9.59 Å². The molecule has 0 atom stereocenters. The average Bonchev–Trinajstić information content (AvgIpc) is 2.49. The number of carbonyl (C=O) groups excluding carboxylic acids is 2. The number of hydrogen-bond donors (Lipinski definition) is 0. The molecule has 2 nitrogen and oxygen atoms in total. The lowest BCUT2D eigenvalue weighted by Crippen LogP contribution is -2.46. The van der Waals surface area contributed by atoms with E-state index in [0.29, 0.717) is 22.4 Å². The predicted molar refractivity (Wildman–Crippen MR) is 112 cm³/mol. The van der Waals surface area contributed by atoms with Gasteiger partial charge in [0.05, 0.1) is 0 Å². The summed E-state index contributed by atoms with van der Waals surface area (Å²) in [5.41, 5.74) is 0.946. The van der Waals surface area contributed by atoms with Crippen LogP contribution in [0.25, 0.3) is 0 Å². The fraction of sp³-hybridized carbons (Fsp3) is 0.923. The zero-order chi connectivity index (χ0) is 19.5. The summed E-state index contributed by atoms with van der Waals surface area (Å²) in [7, 11) is 0. The van der Waals surface area contributed by atoms with E-state index in [-0.39, 0.29) is 0 Å². The highest BCUT2D eigenvalue weighted by Crippen LogP contribution is 2.62. The van der Waals surface area contributed by atoms with Crippen LogP contribution in [0.4, 0.5) is 0 Å². The van der Waals surface area contributed by atoms with Crippen molar-refractivity contribution in [3.05, 3.63) is 0 Å². The fourth-order valence-electron chi connectivity index (χ4n) is 10.1. The zero-order valence-corrected chi connectivity index (χ0v) is 18.2. The van der Waals surface area contributed by atoms with Crippen LogP contribution in [0.3, 0.4) is 0 Å². The molecule has 28 heavy (non-hydrogen) atoms. The molecule has 0 heterocycles. The lowest BCUT2D eigenvalue weighted by atomic mass is 9.48. The van der Waals surface area contributed by atoms with Gasteiger partial charge >= 0.3 is 0 Å². The maximum atomic E-state index is 11.3. The molecule has 0 aromatic carbocycles. The molecule has 0 amide bonds. The van der Waals surface area contributed by atoms with E-state index in [1.807, 2.05) is 0 Å². The zero-order valence-electron chi connectivity index (χ0n) is 18.2. The third kappa shape index (κ3) is 3.74. The molecular weight excluding hydrogens is 344 g/mol. The van der Waals surface area contributed by atoms with E-state index in [2.05, 4.69) is 0 Å². The number of rotatable bonds is 4. The van der Waals surface area contributed by atoms with Crippen molar-refractivity contribution in [2.75, 3.05) is 0 Å². The monoisotopic (exact) mass is 384 g/mol. The van der Waals surface area contributed by atoms with Gasteiger partial charge in [0.25, 0.3) is 0 Å². The van der Waals surface area contributed by atoms with E-state index in [9.17, 15) is 9.59 Å². The normalized spacial score (nSPS) is 49.6. The molecule has 0 radical (unpaired) electrons. The van der Waals surface area contributed by atoms with Crippen LogP contribution in [0.2, 0.25) is 0 Å². The van der Waals surface area contributed by atoms with E-state index in [1.165, 1.54) is 77.0 Å². The minimum Gasteiger partial charge on any atom is -0.300 e. The van der Waals surface area contributed by atoms with Crippen molar-refractivity contribution in [2.24, 2.45) is 46.3 Å². The Balaban J connectivity index is 0.000000122. The van der Waals surface area contributed by atoms with Gasteiger partial charge in [-0.1, -0.05) is 0 Å². The van der Waals surface area contributed by atoms with Crippen LogP contribution in [0, 0.1) is 46.3 Å². The van der Waals surface area contributed by atoms with Crippen LogP contribution in [-0.4, -0.2) is 11.6 Å². The first-order valence-corrected chi connectivity index (χ1v) is 12.3. The van der Waals surface area contributed by atoms with Gasteiger partial charge in [-0.05, 0) is 137 Å². The molecule has 8 fully saturated rings. The summed E-state index contributed by atoms with van der Waals surface area (Å²) in [6.07, 6.45) is 18.9. The van der Waals surface area contributed by atoms with Gasteiger partial charge in [0, 0.05) is 12.8 Å². The first-order chi connectivity index (χ1) is 13.3. The molecule has 0 aliphatic heterocycles. The van der Waals surface area contributed by atoms with Crippen LogP contribution in [0.5, 0.6) is 0 Å². The number of ketones is 2. The number of carbonyl (C=O) groups is 2. The van der Waals surface area contributed by atoms with Crippen LogP contribution in [0.1, 0.15) is 104 Å². The second-order valence-corrected chi connectivity index (χ2v) is 12.6. The first kappa shape index (κ1) is 19.3. The molecule has 8 aliphatic carbocycles. The van der Waals surface area contributed by atoms with Gasteiger partial charge in [0.15, 0.2) is 0 Å². The highest BCUT2D eigenvalue weighted by atomic mass is 16.1. The van der Waals surface area contributed by atoms with Crippen LogP contribution >= 0.6 is 0 Å². The standard InChI is InChI=1S/2C13H20O/c2*1-9(14)5-13-6-10-2-11(7-13)4-12(3-10)8-13/h2*10-12H,2-8H2,1H3. The van der Waals surface area contributed by atoms with E-state index in [0.717, 1.165) is 48.3 Å². The van der Waals surface area contributed by atoms with Crippen molar-refractivity contribution in [2.45, 2.75) is 104 Å². The Bertz CT molecular complexity index is 518. The largest absolute Gasteiger partial charge is 0.300 e. The summed E-state index contributed by atoms with van der Waals surface area (Å²) >= 11 is 0. The molecule has 8 bridgehead atoms. The third-order valence-electron chi connectivity index (χ3n) is 9.58. The molecule has 0 saturated heterocycles. The van der Waals surface area contributed by atoms with Gasteiger partial charge in [-0.3, -0.25) is 0 Å². The maximum absolute atomic E-state index is 11.3. The van der Waals surface area contributed by atoms with Gasteiger partial charge in [-0.25, -0.2) is 0 Å². The maximum Gasteiger partial charge on any atom is 0.130 e. The molecule has 0 spiro atoms. The summed E-state index contributed by atoms with van der Waals surface area (Å²) < 4.78 is 0. The minimum atomic E-state index is 0.423.